The van der Waals surface area contributed by atoms with Crippen molar-refractivity contribution in [3.63, 3.8) is 0 Å². The van der Waals surface area contributed by atoms with E-state index in [-0.39, 0.29) is 0 Å². The molecule has 1 unspecified atom stereocenters. The Hall–Kier alpha value is -0.540. The van der Waals surface area contributed by atoms with Crippen LogP contribution >= 0.6 is 15.9 Å². The van der Waals surface area contributed by atoms with Crippen LogP contribution in [0.25, 0.3) is 0 Å². The first-order chi connectivity index (χ1) is 9.26. The van der Waals surface area contributed by atoms with Gasteiger partial charge in [0, 0.05) is 22.7 Å². The van der Waals surface area contributed by atoms with Gasteiger partial charge in [-0.2, -0.15) is 0 Å². The van der Waals surface area contributed by atoms with Crippen LogP contribution in [0, 0.1) is 0 Å². The molecule has 1 aliphatic heterocycles. The zero-order valence-corrected chi connectivity index (χ0v) is 13.5. The van der Waals surface area contributed by atoms with Gasteiger partial charge in [0.15, 0.2) is 0 Å². The number of nitrogens with zero attached hydrogens (tertiary/aromatic N) is 1. The SMILES string of the molecule is CCCC1CCCCN1c1cc(Br)ccc1CCN. The zero-order valence-electron chi connectivity index (χ0n) is 11.9. The molecule has 3 heteroatoms. The molecule has 1 aliphatic rings. The van der Waals surface area contributed by atoms with Crippen molar-refractivity contribution in [1.82, 2.24) is 0 Å². The Balaban J connectivity index is 2.28. The topological polar surface area (TPSA) is 29.3 Å². The molecule has 106 valence electrons. The van der Waals surface area contributed by atoms with Gasteiger partial charge in [-0.3, -0.25) is 0 Å². The van der Waals surface area contributed by atoms with Gasteiger partial charge in [-0.15, -0.1) is 0 Å². The van der Waals surface area contributed by atoms with Crippen molar-refractivity contribution in [2.24, 2.45) is 5.73 Å². The second-order valence-corrected chi connectivity index (χ2v) is 6.36. The summed E-state index contributed by atoms with van der Waals surface area (Å²) >= 11 is 3.62. The van der Waals surface area contributed by atoms with E-state index in [0.717, 1.165) is 13.0 Å². The van der Waals surface area contributed by atoms with Crippen molar-refractivity contribution >= 4 is 21.6 Å². The van der Waals surface area contributed by atoms with E-state index >= 15 is 0 Å². The third-order valence-electron chi connectivity index (χ3n) is 4.02. The molecule has 0 aromatic heterocycles. The lowest BCUT2D eigenvalue weighted by atomic mass is 9.96. The highest BCUT2D eigenvalue weighted by molar-refractivity contribution is 9.10. The Kier molecular flexibility index (Phi) is 5.71. The predicted molar refractivity (Wildman–Crippen MR) is 86.8 cm³/mol. The van der Waals surface area contributed by atoms with Gasteiger partial charge in [-0.25, -0.2) is 0 Å². The summed E-state index contributed by atoms with van der Waals surface area (Å²) in [5, 5.41) is 0. The molecule has 0 bridgehead atoms. The molecule has 0 spiro atoms. The Bertz CT molecular complexity index is 404. The van der Waals surface area contributed by atoms with Gasteiger partial charge in [-0.05, 0) is 56.3 Å². The third-order valence-corrected chi connectivity index (χ3v) is 4.51. The van der Waals surface area contributed by atoms with E-state index < -0.39 is 0 Å². The standard InChI is InChI=1S/C16H25BrN2/c1-2-5-15-6-3-4-11-19(15)16-12-14(17)8-7-13(16)9-10-18/h7-8,12,15H,2-6,9-11,18H2,1H3. The van der Waals surface area contributed by atoms with Gasteiger partial charge in [-0.1, -0.05) is 35.3 Å². The Labute approximate surface area is 125 Å². The summed E-state index contributed by atoms with van der Waals surface area (Å²) in [5.41, 5.74) is 8.56. The van der Waals surface area contributed by atoms with E-state index in [4.69, 9.17) is 5.73 Å². The van der Waals surface area contributed by atoms with Crippen LogP contribution in [0.15, 0.2) is 22.7 Å². The molecule has 2 nitrogen and oxygen atoms in total. The molecule has 1 heterocycles. The van der Waals surface area contributed by atoms with Crippen LogP contribution in [0.5, 0.6) is 0 Å². The van der Waals surface area contributed by atoms with E-state index in [1.54, 1.807) is 0 Å². The fraction of sp³-hybridized carbons (Fsp3) is 0.625. The van der Waals surface area contributed by atoms with Gasteiger partial charge in [0.25, 0.3) is 0 Å². The lowest BCUT2D eigenvalue weighted by Gasteiger charge is -2.39. The van der Waals surface area contributed by atoms with Crippen LogP contribution in [-0.2, 0) is 6.42 Å². The summed E-state index contributed by atoms with van der Waals surface area (Å²) in [4.78, 5) is 2.63. The molecule has 0 aliphatic carbocycles. The Morgan fingerprint density at radius 3 is 2.95 bits per heavy atom. The molecule has 2 N–H and O–H groups in total. The van der Waals surface area contributed by atoms with Gasteiger partial charge < -0.3 is 10.6 Å². The first kappa shape index (κ1) is 14.9. The highest BCUT2D eigenvalue weighted by Gasteiger charge is 2.23. The van der Waals surface area contributed by atoms with Crippen LogP contribution in [0.4, 0.5) is 5.69 Å². The number of benzene rings is 1. The zero-order chi connectivity index (χ0) is 13.7. The van der Waals surface area contributed by atoms with E-state index in [9.17, 15) is 0 Å². The average Bonchev–Trinajstić information content (AvgIpc) is 2.42. The summed E-state index contributed by atoms with van der Waals surface area (Å²) in [6.45, 7) is 4.20. The van der Waals surface area contributed by atoms with Crippen molar-refractivity contribution < 1.29 is 0 Å². The summed E-state index contributed by atoms with van der Waals surface area (Å²) in [5.74, 6) is 0. The van der Waals surface area contributed by atoms with Gasteiger partial charge in [0.2, 0.25) is 0 Å². The minimum atomic E-state index is 0.713. The normalized spacial score (nSPS) is 19.7. The number of hydrogen-bond acceptors (Lipinski definition) is 2. The number of anilines is 1. The van der Waals surface area contributed by atoms with Crippen molar-refractivity contribution in [2.45, 2.75) is 51.5 Å². The van der Waals surface area contributed by atoms with E-state index in [0.29, 0.717) is 6.04 Å². The maximum absolute atomic E-state index is 5.76. The monoisotopic (exact) mass is 324 g/mol. The van der Waals surface area contributed by atoms with E-state index in [1.807, 2.05) is 0 Å². The van der Waals surface area contributed by atoms with Gasteiger partial charge in [0.1, 0.15) is 0 Å². The predicted octanol–water partition coefficient (Wildman–Crippen LogP) is 4.11. The molecule has 2 rings (SSSR count). The lowest BCUT2D eigenvalue weighted by molar-refractivity contribution is 0.434. The molecule has 1 saturated heterocycles. The molecule has 0 saturated carbocycles. The summed E-state index contributed by atoms with van der Waals surface area (Å²) in [6, 6.07) is 7.35. The van der Waals surface area contributed by atoms with Crippen molar-refractivity contribution in [3.05, 3.63) is 28.2 Å². The summed E-state index contributed by atoms with van der Waals surface area (Å²) < 4.78 is 1.17. The Morgan fingerprint density at radius 2 is 2.21 bits per heavy atom. The molecule has 1 aromatic carbocycles. The fourth-order valence-electron chi connectivity index (χ4n) is 3.12. The number of halogens is 1. The van der Waals surface area contributed by atoms with Crippen molar-refractivity contribution in [1.29, 1.82) is 0 Å². The number of rotatable bonds is 5. The molecule has 1 fully saturated rings. The van der Waals surface area contributed by atoms with E-state index in [1.165, 1.54) is 54.4 Å². The van der Waals surface area contributed by atoms with E-state index in [2.05, 4.69) is 46.0 Å². The molecular formula is C16H25BrN2. The van der Waals surface area contributed by atoms with Crippen molar-refractivity contribution in [2.75, 3.05) is 18.0 Å². The van der Waals surface area contributed by atoms with Crippen LogP contribution < -0.4 is 10.6 Å². The molecule has 0 radical (unpaired) electrons. The summed E-state index contributed by atoms with van der Waals surface area (Å²) in [6.07, 6.45) is 7.56. The molecule has 19 heavy (non-hydrogen) atoms. The molecular weight excluding hydrogens is 300 g/mol. The number of piperidine rings is 1. The largest absolute Gasteiger partial charge is 0.368 e. The third kappa shape index (κ3) is 3.73. The van der Waals surface area contributed by atoms with Crippen molar-refractivity contribution in [3.8, 4) is 0 Å². The quantitative estimate of drug-likeness (QED) is 0.883. The maximum atomic E-state index is 5.76. The van der Waals surface area contributed by atoms with Gasteiger partial charge >= 0.3 is 0 Å². The second-order valence-electron chi connectivity index (χ2n) is 5.44. The fourth-order valence-corrected chi connectivity index (χ4v) is 3.47. The minimum Gasteiger partial charge on any atom is -0.368 e. The van der Waals surface area contributed by atoms with Crippen LogP contribution in [0.3, 0.4) is 0 Å². The lowest BCUT2D eigenvalue weighted by Crippen LogP contribution is -2.40. The van der Waals surface area contributed by atoms with Crippen LogP contribution in [0.2, 0.25) is 0 Å². The summed E-state index contributed by atoms with van der Waals surface area (Å²) in [7, 11) is 0. The Morgan fingerprint density at radius 1 is 1.37 bits per heavy atom. The van der Waals surface area contributed by atoms with Crippen LogP contribution in [-0.4, -0.2) is 19.1 Å². The highest BCUT2D eigenvalue weighted by Crippen LogP contribution is 2.32. The smallest absolute Gasteiger partial charge is 0.0413 e. The van der Waals surface area contributed by atoms with Crippen LogP contribution in [0.1, 0.15) is 44.6 Å². The maximum Gasteiger partial charge on any atom is 0.0413 e. The minimum absolute atomic E-state index is 0.713. The highest BCUT2D eigenvalue weighted by atomic mass is 79.9. The molecule has 0 amide bonds. The number of nitrogens with two attached hydrogens (primary N) is 1. The first-order valence-electron chi connectivity index (χ1n) is 7.51. The van der Waals surface area contributed by atoms with Gasteiger partial charge in [0.05, 0.1) is 0 Å². The second kappa shape index (κ2) is 7.30. The molecule has 1 atom stereocenters. The first-order valence-corrected chi connectivity index (χ1v) is 8.30. The number of hydrogen-bond donors (Lipinski definition) is 1. The average molecular weight is 325 g/mol. The molecule has 1 aromatic rings.